The molecule has 0 aliphatic carbocycles. The van der Waals surface area contributed by atoms with Crippen molar-refractivity contribution in [2.45, 2.75) is 27.2 Å². The van der Waals surface area contributed by atoms with Crippen LogP contribution in [0.25, 0.3) is 0 Å². The normalized spacial score (nSPS) is 10.4. The molecule has 0 spiro atoms. The summed E-state index contributed by atoms with van der Waals surface area (Å²) >= 11 is 0. The highest BCUT2D eigenvalue weighted by Gasteiger charge is 2.08. The lowest BCUT2D eigenvalue weighted by molar-refractivity contribution is 0.941. The predicted molar refractivity (Wildman–Crippen MR) is 84.8 cm³/mol. The van der Waals surface area contributed by atoms with Gasteiger partial charge in [0.2, 0.25) is 5.95 Å². The van der Waals surface area contributed by atoms with E-state index >= 15 is 0 Å². The molecule has 1 aromatic carbocycles. The lowest BCUT2D eigenvalue weighted by Crippen LogP contribution is -2.14. The third-order valence-corrected chi connectivity index (χ3v) is 3.14. The Morgan fingerprint density at radius 2 is 1.80 bits per heavy atom. The van der Waals surface area contributed by atoms with Crippen LogP contribution in [0.3, 0.4) is 0 Å². The molecule has 106 valence electrons. The molecule has 0 atom stereocenters. The molecule has 0 unspecified atom stereocenters. The Bertz CT molecular complexity index is 563. The number of hydrogen-bond acceptors (Lipinski definition) is 4. The van der Waals surface area contributed by atoms with Crippen molar-refractivity contribution in [1.29, 1.82) is 0 Å². The van der Waals surface area contributed by atoms with Crippen LogP contribution in [0.5, 0.6) is 0 Å². The first-order valence-corrected chi connectivity index (χ1v) is 7.00. The second-order valence-corrected chi connectivity index (χ2v) is 5.01. The predicted octanol–water partition coefficient (Wildman–Crippen LogP) is 3.68. The molecule has 20 heavy (non-hydrogen) atoms. The van der Waals surface area contributed by atoms with Gasteiger partial charge in [0.25, 0.3) is 0 Å². The molecule has 4 heteroatoms. The Hall–Kier alpha value is -2.10. The van der Waals surface area contributed by atoms with E-state index in [4.69, 9.17) is 0 Å². The molecule has 0 amide bonds. The topological polar surface area (TPSA) is 41.1 Å². The van der Waals surface area contributed by atoms with Gasteiger partial charge < -0.3 is 10.2 Å². The van der Waals surface area contributed by atoms with Crippen LogP contribution in [0.1, 0.15) is 24.6 Å². The fraction of sp³-hybridized carbons (Fsp3) is 0.375. The Morgan fingerprint density at radius 3 is 2.45 bits per heavy atom. The number of aromatic nitrogens is 2. The molecule has 0 saturated heterocycles. The van der Waals surface area contributed by atoms with E-state index in [1.165, 1.54) is 5.56 Å². The van der Waals surface area contributed by atoms with E-state index in [1.807, 2.05) is 20.0 Å². The summed E-state index contributed by atoms with van der Waals surface area (Å²) < 4.78 is 0. The van der Waals surface area contributed by atoms with E-state index in [9.17, 15) is 0 Å². The zero-order valence-electron chi connectivity index (χ0n) is 12.6. The van der Waals surface area contributed by atoms with Gasteiger partial charge in [-0.05, 0) is 32.4 Å². The van der Waals surface area contributed by atoms with Crippen molar-refractivity contribution in [1.82, 2.24) is 9.97 Å². The van der Waals surface area contributed by atoms with Crippen LogP contribution in [0.15, 0.2) is 30.3 Å². The third kappa shape index (κ3) is 3.47. The number of aryl methyl sites for hydroxylation is 2. The summed E-state index contributed by atoms with van der Waals surface area (Å²) in [5, 5.41) is 3.24. The summed E-state index contributed by atoms with van der Waals surface area (Å²) in [5.74, 6) is 1.60. The minimum absolute atomic E-state index is 0.695. The molecule has 2 aromatic rings. The first-order chi connectivity index (χ1) is 9.60. The molecular weight excluding hydrogens is 248 g/mol. The second kappa shape index (κ2) is 6.37. The number of hydrogen-bond donors (Lipinski definition) is 1. The van der Waals surface area contributed by atoms with E-state index in [0.29, 0.717) is 5.95 Å². The summed E-state index contributed by atoms with van der Waals surface area (Å²) in [6.45, 7) is 7.09. The maximum atomic E-state index is 4.57. The number of rotatable bonds is 5. The number of nitrogens with one attached hydrogen (secondary N) is 1. The van der Waals surface area contributed by atoms with Gasteiger partial charge in [0, 0.05) is 31.0 Å². The minimum Gasteiger partial charge on any atom is -0.354 e. The smallest absolute Gasteiger partial charge is 0.224 e. The van der Waals surface area contributed by atoms with Crippen molar-refractivity contribution >= 4 is 17.5 Å². The maximum Gasteiger partial charge on any atom is 0.224 e. The lowest BCUT2D eigenvalue weighted by Gasteiger charge is -2.19. The molecule has 0 aliphatic heterocycles. The van der Waals surface area contributed by atoms with Gasteiger partial charge in [0.15, 0.2) is 0 Å². The molecule has 0 aliphatic rings. The first kappa shape index (κ1) is 14.3. The molecule has 4 nitrogen and oxygen atoms in total. The number of benzene rings is 1. The maximum absolute atomic E-state index is 4.57. The Morgan fingerprint density at radius 1 is 1.10 bits per heavy atom. The molecule has 0 fully saturated rings. The number of nitrogens with zero attached hydrogens (tertiary/aromatic N) is 3. The molecule has 2 rings (SSSR count). The molecular formula is C16H22N4. The van der Waals surface area contributed by atoms with E-state index in [-0.39, 0.29) is 0 Å². The Labute approximate surface area is 120 Å². The summed E-state index contributed by atoms with van der Waals surface area (Å²) in [6.07, 6.45) is 1.06. The van der Waals surface area contributed by atoms with Crippen molar-refractivity contribution in [3.8, 4) is 0 Å². The molecule has 0 radical (unpaired) electrons. The van der Waals surface area contributed by atoms with Gasteiger partial charge in [-0.1, -0.05) is 24.6 Å². The molecule has 0 bridgehead atoms. The largest absolute Gasteiger partial charge is 0.354 e. The standard InChI is InChI=1S/C16H22N4/c1-5-10-17-16-18-13(3)11-15(19-16)20(4)14-8-6-12(2)7-9-14/h6-9,11H,5,10H2,1-4H3,(H,17,18,19). The summed E-state index contributed by atoms with van der Waals surface area (Å²) in [5.41, 5.74) is 3.34. The summed E-state index contributed by atoms with van der Waals surface area (Å²) in [7, 11) is 2.02. The van der Waals surface area contributed by atoms with E-state index in [1.54, 1.807) is 0 Å². The lowest BCUT2D eigenvalue weighted by atomic mass is 10.2. The Kier molecular flexibility index (Phi) is 4.56. The van der Waals surface area contributed by atoms with Crippen LogP contribution >= 0.6 is 0 Å². The van der Waals surface area contributed by atoms with Crippen molar-refractivity contribution in [2.24, 2.45) is 0 Å². The van der Waals surface area contributed by atoms with E-state index in [2.05, 4.69) is 58.3 Å². The highest BCUT2D eigenvalue weighted by atomic mass is 15.2. The highest BCUT2D eigenvalue weighted by Crippen LogP contribution is 2.23. The molecule has 1 N–H and O–H groups in total. The van der Waals surface area contributed by atoms with Gasteiger partial charge in [-0.2, -0.15) is 4.98 Å². The van der Waals surface area contributed by atoms with Gasteiger partial charge in [-0.15, -0.1) is 0 Å². The second-order valence-electron chi connectivity index (χ2n) is 5.01. The van der Waals surface area contributed by atoms with E-state index in [0.717, 1.165) is 30.2 Å². The first-order valence-electron chi connectivity index (χ1n) is 7.00. The van der Waals surface area contributed by atoms with Crippen LogP contribution in [0.4, 0.5) is 17.5 Å². The third-order valence-electron chi connectivity index (χ3n) is 3.14. The SMILES string of the molecule is CCCNc1nc(C)cc(N(C)c2ccc(C)cc2)n1. The van der Waals surface area contributed by atoms with Crippen LogP contribution < -0.4 is 10.2 Å². The highest BCUT2D eigenvalue weighted by molar-refractivity contribution is 5.60. The fourth-order valence-electron chi connectivity index (χ4n) is 1.94. The average molecular weight is 270 g/mol. The van der Waals surface area contributed by atoms with Crippen LogP contribution in [0.2, 0.25) is 0 Å². The van der Waals surface area contributed by atoms with Crippen molar-refractivity contribution in [2.75, 3.05) is 23.8 Å². The van der Waals surface area contributed by atoms with Crippen molar-refractivity contribution < 1.29 is 0 Å². The molecule has 1 heterocycles. The number of anilines is 3. The van der Waals surface area contributed by atoms with Crippen LogP contribution in [-0.2, 0) is 0 Å². The Balaban J connectivity index is 2.26. The van der Waals surface area contributed by atoms with Gasteiger partial charge in [0.1, 0.15) is 5.82 Å². The van der Waals surface area contributed by atoms with Crippen LogP contribution in [-0.4, -0.2) is 23.6 Å². The zero-order valence-corrected chi connectivity index (χ0v) is 12.6. The van der Waals surface area contributed by atoms with Gasteiger partial charge in [0.05, 0.1) is 0 Å². The van der Waals surface area contributed by atoms with Crippen LogP contribution in [0, 0.1) is 13.8 Å². The van der Waals surface area contributed by atoms with Crippen molar-refractivity contribution in [3.05, 3.63) is 41.6 Å². The van der Waals surface area contributed by atoms with Gasteiger partial charge >= 0.3 is 0 Å². The quantitative estimate of drug-likeness (QED) is 0.899. The van der Waals surface area contributed by atoms with Crippen molar-refractivity contribution in [3.63, 3.8) is 0 Å². The monoisotopic (exact) mass is 270 g/mol. The molecule has 0 saturated carbocycles. The van der Waals surface area contributed by atoms with E-state index < -0.39 is 0 Å². The average Bonchev–Trinajstić information content (AvgIpc) is 2.44. The summed E-state index contributed by atoms with van der Waals surface area (Å²) in [4.78, 5) is 11.1. The van der Waals surface area contributed by atoms with Gasteiger partial charge in [-0.3, -0.25) is 0 Å². The zero-order chi connectivity index (χ0) is 14.5. The van der Waals surface area contributed by atoms with Gasteiger partial charge in [-0.25, -0.2) is 4.98 Å². The fourth-order valence-corrected chi connectivity index (χ4v) is 1.94. The summed E-state index contributed by atoms with van der Waals surface area (Å²) in [6, 6.07) is 10.4. The molecule has 1 aromatic heterocycles. The minimum atomic E-state index is 0.695.